The van der Waals surface area contributed by atoms with E-state index >= 15 is 0 Å². The Hall–Kier alpha value is -0.800. The van der Waals surface area contributed by atoms with E-state index < -0.39 is 0 Å². The number of likely N-dealkylation sites (N-methyl/N-ethyl adjacent to an activating group) is 1. The molecule has 1 rings (SSSR count). The molecule has 4 heteroatoms. The number of aryl methyl sites for hydroxylation is 1. The van der Waals surface area contributed by atoms with Crippen molar-refractivity contribution < 1.29 is 4.74 Å². The molecule has 3 nitrogen and oxygen atoms in total. The summed E-state index contributed by atoms with van der Waals surface area (Å²) in [6, 6.07) is 2.38. The molecule has 0 saturated carbocycles. The first kappa shape index (κ1) is 13.3. The average molecular weight is 243 g/mol. The quantitative estimate of drug-likeness (QED) is 0.743. The van der Waals surface area contributed by atoms with Crippen molar-refractivity contribution in [3.05, 3.63) is 23.4 Å². The lowest BCUT2D eigenvalue weighted by molar-refractivity contribution is 0.183. The van der Waals surface area contributed by atoms with E-state index in [9.17, 15) is 0 Å². The molecule has 0 N–H and O–H groups in total. The lowest BCUT2D eigenvalue weighted by Gasteiger charge is -2.26. The van der Waals surface area contributed by atoms with Gasteiger partial charge in [-0.1, -0.05) is 0 Å². The Labute approximate surface area is 102 Å². The van der Waals surface area contributed by atoms with Gasteiger partial charge in [0.05, 0.1) is 12.6 Å². The molecule has 0 amide bonds. The lowest BCUT2D eigenvalue weighted by Crippen LogP contribution is -2.33. The number of ether oxygens (including phenoxy) is 1. The number of alkyl halides is 1. The molecule has 16 heavy (non-hydrogen) atoms. The first-order chi connectivity index (χ1) is 7.60. The molecule has 0 aliphatic rings. The van der Waals surface area contributed by atoms with E-state index in [1.165, 1.54) is 0 Å². The van der Waals surface area contributed by atoms with E-state index in [4.69, 9.17) is 16.3 Å². The molecule has 0 spiro atoms. The SMILES string of the molecule is COCC(C)N(C)c1ncc(CCl)cc1C. The number of nitrogens with zero attached hydrogens (tertiary/aromatic N) is 2. The number of methoxy groups -OCH3 is 1. The molecule has 0 aliphatic heterocycles. The highest BCUT2D eigenvalue weighted by atomic mass is 35.5. The van der Waals surface area contributed by atoms with Crippen LogP contribution in [0, 0.1) is 6.92 Å². The minimum absolute atomic E-state index is 0.304. The van der Waals surface area contributed by atoms with Crippen LogP contribution in [0.25, 0.3) is 0 Å². The second-order valence-electron chi connectivity index (χ2n) is 4.03. The van der Waals surface area contributed by atoms with Gasteiger partial charge < -0.3 is 9.64 Å². The Morgan fingerprint density at radius 3 is 2.75 bits per heavy atom. The van der Waals surface area contributed by atoms with Gasteiger partial charge in [-0.2, -0.15) is 0 Å². The normalized spacial score (nSPS) is 12.6. The molecular weight excluding hydrogens is 224 g/mol. The van der Waals surface area contributed by atoms with Crippen LogP contribution in [0.5, 0.6) is 0 Å². The zero-order chi connectivity index (χ0) is 12.1. The van der Waals surface area contributed by atoms with Crippen molar-refractivity contribution in [1.29, 1.82) is 0 Å². The maximum absolute atomic E-state index is 5.77. The first-order valence-electron chi connectivity index (χ1n) is 5.33. The van der Waals surface area contributed by atoms with Crippen LogP contribution in [0.1, 0.15) is 18.1 Å². The molecule has 0 radical (unpaired) electrons. The molecule has 0 aromatic carbocycles. The van der Waals surface area contributed by atoms with Crippen LogP contribution >= 0.6 is 11.6 Å². The van der Waals surface area contributed by atoms with Gasteiger partial charge in [0.2, 0.25) is 0 Å². The molecule has 90 valence electrons. The number of hydrogen-bond donors (Lipinski definition) is 0. The standard InChI is InChI=1S/C12H19ClN2O/c1-9-5-11(6-13)7-14-12(9)15(3)10(2)8-16-4/h5,7,10H,6,8H2,1-4H3. The molecule has 0 fully saturated rings. The van der Waals surface area contributed by atoms with Gasteiger partial charge in [-0.05, 0) is 31.0 Å². The number of rotatable bonds is 5. The van der Waals surface area contributed by atoms with Crippen LogP contribution < -0.4 is 4.90 Å². The first-order valence-corrected chi connectivity index (χ1v) is 5.86. The Kier molecular flexibility index (Phi) is 5.03. The Morgan fingerprint density at radius 1 is 1.56 bits per heavy atom. The minimum Gasteiger partial charge on any atom is -0.383 e. The molecule has 1 atom stereocenters. The van der Waals surface area contributed by atoms with E-state index in [1.807, 2.05) is 13.2 Å². The van der Waals surface area contributed by atoms with Crippen LogP contribution in [0.4, 0.5) is 5.82 Å². The molecule has 0 saturated heterocycles. The molecule has 1 aromatic heterocycles. The molecule has 0 aliphatic carbocycles. The predicted octanol–water partition coefficient (Wildman–Crippen LogP) is 2.60. The highest BCUT2D eigenvalue weighted by Crippen LogP contribution is 2.19. The average Bonchev–Trinajstić information content (AvgIpc) is 2.28. The van der Waals surface area contributed by atoms with Crippen molar-refractivity contribution >= 4 is 17.4 Å². The van der Waals surface area contributed by atoms with E-state index in [1.54, 1.807) is 7.11 Å². The topological polar surface area (TPSA) is 25.4 Å². The Morgan fingerprint density at radius 2 is 2.25 bits per heavy atom. The summed E-state index contributed by atoms with van der Waals surface area (Å²) in [6.07, 6.45) is 1.82. The van der Waals surface area contributed by atoms with Gasteiger partial charge in [0.25, 0.3) is 0 Å². The third-order valence-electron chi connectivity index (χ3n) is 2.66. The zero-order valence-corrected chi connectivity index (χ0v) is 11.1. The maximum Gasteiger partial charge on any atom is 0.131 e. The van der Waals surface area contributed by atoms with Crippen molar-refractivity contribution in [3.8, 4) is 0 Å². The van der Waals surface area contributed by atoms with Crippen LogP contribution in [0.3, 0.4) is 0 Å². The molecule has 1 heterocycles. The van der Waals surface area contributed by atoms with Gasteiger partial charge in [0, 0.05) is 26.2 Å². The summed E-state index contributed by atoms with van der Waals surface area (Å²) in [7, 11) is 3.74. The summed E-state index contributed by atoms with van der Waals surface area (Å²) < 4.78 is 5.14. The van der Waals surface area contributed by atoms with Crippen LogP contribution in [0.15, 0.2) is 12.3 Å². The van der Waals surface area contributed by atoms with Gasteiger partial charge in [0.15, 0.2) is 0 Å². The second kappa shape index (κ2) is 6.06. The van der Waals surface area contributed by atoms with Crippen LogP contribution in [-0.4, -0.2) is 31.8 Å². The van der Waals surface area contributed by atoms with E-state index in [0.29, 0.717) is 18.5 Å². The summed E-state index contributed by atoms with van der Waals surface area (Å²) in [5, 5.41) is 0. The number of pyridine rings is 1. The monoisotopic (exact) mass is 242 g/mol. The van der Waals surface area contributed by atoms with Gasteiger partial charge in [-0.15, -0.1) is 11.6 Å². The predicted molar refractivity (Wildman–Crippen MR) is 68.3 cm³/mol. The van der Waals surface area contributed by atoms with E-state index in [2.05, 4.69) is 29.8 Å². The van der Waals surface area contributed by atoms with E-state index in [-0.39, 0.29) is 0 Å². The molecule has 1 unspecified atom stereocenters. The fourth-order valence-electron chi connectivity index (χ4n) is 1.63. The van der Waals surface area contributed by atoms with Crippen LogP contribution in [-0.2, 0) is 10.6 Å². The largest absolute Gasteiger partial charge is 0.383 e. The molecule has 1 aromatic rings. The third kappa shape index (κ3) is 3.09. The molecule has 0 bridgehead atoms. The van der Waals surface area contributed by atoms with Gasteiger partial charge in [-0.25, -0.2) is 4.98 Å². The Bertz CT molecular complexity index is 344. The van der Waals surface area contributed by atoms with Crippen molar-refractivity contribution in [3.63, 3.8) is 0 Å². The fraction of sp³-hybridized carbons (Fsp3) is 0.583. The van der Waals surface area contributed by atoms with Gasteiger partial charge in [-0.3, -0.25) is 0 Å². The Balaban J connectivity index is 2.87. The summed E-state index contributed by atoms with van der Waals surface area (Å²) in [5.41, 5.74) is 2.19. The summed E-state index contributed by atoms with van der Waals surface area (Å²) in [5.74, 6) is 1.49. The third-order valence-corrected chi connectivity index (χ3v) is 2.97. The number of aromatic nitrogens is 1. The van der Waals surface area contributed by atoms with E-state index in [0.717, 1.165) is 16.9 Å². The van der Waals surface area contributed by atoms with Gasteiger partial charge >= 0.3 is 0 Å². The number of halogens is 1. The van der Waals surface area contributed by atoms with Crippen LogP contribution in [0.2, 0.25) is 0 Å². The van der Waals surface area contributed by atoms with Crippen molar-refractivity contribution in [1.82, 2.24) is 4.98 Å². The fourth-order valence-corrected chi connectivity index (χ4v) is 1.78. The lowest BCUT2D eigenvalue weighted by atomic mass is 10.2. The zero-order valence-electron chi connectivity index (χ0n) is 10.3. The second-order valence-corrected chi connectivity index (χ2v) is 4.30. The van der Waals surface area contributed by atoms with Crippen molar-refractivity contribution in [2.45, 2.75) is 25.8 Å². The maximum atomic E-state index is 5.77. The van der Waals surface area contributed by atoms with Crippen molar-refractivity contribution in [2.75, 3.05) is 25.7 Å². The number of hydrogen-bond acceptors (Lipinski definition) is 3. The number of anilines is 1. The molecular formula is C12H19ClN2O. The van der Waals surface area contributed by atoms with Crippen molar-refractivity contribution in [2.24, 2.45) is 0 Å². The summed E-state index contributed by atoms with van der Waals surface area (Å²) in [6.45, 7) is 4.85. The summed E-state index contributed by atoms with van der Waals surface area (Å²) in [4.78, 5) is 6.56. The summed E-state index contributed by atoms with van der Waals surface area (Å²) >= 11 is 5.77. The smallest absolute Gasteiger partial charge is 0.131 e. The minimum atomic E-state index is 0.304. The highest BCUT2D eigenvalue weighted by Gasteiger charge is 2.13. The van der Waals surface area contributed by atoms with Gasteiger partial charge in [0.1, 0.15) is 5.82 Å². The highest BCUT2D eigenvalue weighted by molar-refractivity contribution is 6.17.